The maximum Gasteiger partial charge on any atom is 0.335 e. The van der Waals surface area contributed by atoms with Crippen molar-refractivity contribution < 1.29 is 24.2 Å². The second-order valence-electron chi connectivity index (χ2n) is 1.75. The second kappa shape index (κ2) is 2.49. The lowest BCUT2D eigenvalue weighted by molar-refractivity contribution is 0.0696. The van der Waals surface area contributed by atoms with Crippen LogP contribution in [0.3, 0.4) is 0 Å². The molecule has 3 N–H and O–H groups in total. The van der Waals surface area contributed by atoms with Crippen LogP contribution in [0.5, 0.6) is 11.5 Å². The molecule has 0 aromatic heterocycles. The number of carboxylic acid groups (broad SMARTS) is 1. The summed E-state index contributed by atoms with van der Waals surface area (Å²) in [6.07, 6.45) is 0. The van der Waals surface area contributed by atoms with Crippen LogP contribution >= 0.6 is 0 Å². The average Bonchev–Trinajstić information content (AvgIpc) is 2.11. The molecule has 1 rings (SSSR count). The SMILES string of the molecule is [2H]c1c(O)c([2H])c(C(=O)O)c([2H])c1O. The Labute approximate surface area is 66.6 Å². The lowest BCUT2D eigenvalue weighted by Gasteiger charge is -1.96. The number of benzene rings is 1. The van der Waals surface area contributed by atoms with Gasteiger partial charge in [0.25, 0.3) is 0 Å². The van der Waals surface area contributed by atoms with Gasteiger partial charge in [0, 0.05) is 6.04 Å². The molecule has 0 aliphatic rings. The van der Waals surface area contributed by atoms with E-state index in [4.69, 9.17) is 19.4 Å². The van der Waals surface area contributed by atoms with E-state index in [2.05, 4.69) is 0 Å². The molecule has 0 bridgehead atoms. The maximum atomic E-state index is 10.5. The molecule has 1 aromatic carbocycles. The largest absolute Gasteiger partial charge is 0.508 e. The first-order valence-corrected chi connectivity index (χ1v) is 2.62. The predicted molar refractivity (Wildman–Crippen MR) is 36.7 cm³/mol. The number of rotatable bonds is 1. The molecule has 0 saturated heterocycles. The van der Waals surface area contributed by atoms with E-state index >= 15 is 0 Å². The highest BCUT2D eigenvalue weighted by atomic mass is 16.4. The lowest BCUT2D eigenvalue weighted by Crippen LogP contribution is -1.94. The quantitative estimate of drug-likeness (QED) is 0.563. The summed E-state index contributed by atoms with van der Waals surface area (Å²) in [6.45, 7) is 0. The highest BCUT2D eigenvalue weighted by Gasteiger charge is 2.04. The molecule has 4 nitrogen and oxygen atoms in total. The van der Waals surface area contributed by atoms with Crippen LogP contribution in [0.1, 0.15) is 14.5 Å². The Kier molecular flexibility index (Phi) is 0.958. The van der Waals surface area contributed by atoms with Crippen molar-refractivity contribution in [3.8, 4) is 11.5 Å². The average molecular weight is 157 g/mol. The monoisotopic (exact) mass is 157 g/mol. The van der Waals surface area contributed by atoms with Crippen molar-refractivity contribution in [1.82, 2.24) is 0 Å². The van der Waals surface area contributed by atoms with Crippen molar-refractivity contribution in [2.24, 2.45) is 0 Å². The molecule has 0 amide bonds. The van der Waals surface area contributed by atoms with Crippen LogP contribution in [0.25, 0.3) is 0 Å². The first kappa shape index (κ1) is 4.23. The van der Waals surface area contributed by atoms with Gasteiger partial charge < -0.3 is 15.3 Å². The van der Waals surface area contributed by atoms with Gasteiger partial charge in [-0.15, -0.1) is 0 Å². The minimum Gasteiger partial charge on any atom is -0.508 e. The zero-order valence-corrected chi connectivity index (χ0v) is 5.25. The van der Waals surface area contributed by atoms with Crippen molar-refractivity contribution >= 4 is 5.97 Å². The number of hydrogen-bond donors (Lipinski definition) is 3. The van der Waals surface area contributed by atoms with Gasteiger partial charge in [-0.05, 0) is 12.1 Å². The summed E-state index contributed by atoms with van der Waals surface area (Å²) in [5.74, 6) is -3.50. The molecule has 0 aliphatic carbocycles. The molecule has 0 atom stereocenters. The smallest absolute Gasteiger partial charge is 0.335 e. The Bertz CT molecular complexity index is 387. The predicted octanol–water partition coefficient (Wildman–Crippen LogP) is 0.796. The Hall–Kier alpha value is -1.71. The van der Waals surface area contributed by atoms with Crippen LogP contribution in [0.2, 0.25) is 0 Å². The Balaban J connectivity index is 3.68. The fraction of sp³-hybridized carbons (Fsp3) is 0. The molecule has 1 aromatic rings. The van der Waals surface area contributed by atoms with Crippen molar-refractivity contribution in [2.45, 2.75) is 0 Å². The third-order valence-corrected chi connectivity index (χ3v) is 0.937. The van der Waals surface area contributed by atoms with Crippen molar-refractivity contribution in [3.63, 3.8) is 0 Å². The first-order valence-electron chi connectivity index (χ1n) is 4.12. The molecule has 0 heterocycles. The first-order chi connectivity index (χ1) is 6.37. The van der Waals surface area contributed by atoms with Crippen molar-refractivity contribution in [1.29, 1.82) is 0 Å². The van der Waals surface area contributed by atoms with Crippen LogP contribution < -0.4 is 0 Å². The summed E-state index contributed by atoms with van der Waals surface area (Å²) in [4.78, 5) is 10.5. The summed E-state index contributed by atoms with van der Waals surface area (Å²) in [7, 11) is 0. The number of aromatic carboxylic acids is 1. The van der Waals surface area contributed by atoms with E-state index in [0.29, 0.717) is 0 Å². The fourth-order valence-electron chi connectivity index (χ4n) is 0.550. The number of hydrogen-bond acceptors (Lipinski definition) is 3. The van der Waals surface area contributed by atoms with Crippen LogP contribution in [0, 0.1) is 0 Å². The lowest BCUT2D eigenvalue weighted by atomic mass is 10.2. The highest BCUT2D eigenvalue weighted by Crippen LogP contribution is 2.19. The van der Waals surface area contributed by atoms with E-state index in [9.17, 15) is 4.79 Å². The minimum atomic E-state index is -1.61. The standard InChI is InChI=1S/C7H6O4/c8-5-1-4(7(10)11)2-6(9)3-5/h1-3,8-9H,(H,10,11)/i1D,2D,3D. The molecule has 0 fully saturated rings. The normalized spacial score (nSPS) is 13.3. The van der Waals surface area contributed by atoms with Crippen LogP contribution in [0.15, 0.2) is 18.1 Å². The van der Waals surface area contributed by atoms with Gasteiger partial charge in [0.1, 0.15) is 11.5 Å². The zero-order valence-electron chi connectivity index (χ0n) is 8.25. The van der Waals surface area contributed by atoms with Gasteiger partial charge in [0.05, 0.1) is 9.68 Å². The third kappa shape index (κ3) is 1.61. The molecular weight excluding hydrogens is 148 g/mol. The maximum absolute atomic E-state index is 10.5. The van der Waals surface area contributed by atoms with Gasteiger partial charge in [0.2, 0.25) is 0 Å². The molecular formula is C7H6O4. The van der Waals surface area contributed by atoms with Gasteiger partial charge in [-0.2, -0.15) is 0 Å². The topological polar surface area (TPSA) is 77.8 Å². The van der Waals surface area contributed by atoms with Crippen molar-refractivity contribution in [2.75, 3.05) is 0 Å². The molecule has 0 aliphatic heterocycles. The van der Waals surface area contributed by atoms with Gasteiger partial charge in [-0.1, -0.05) is 0 Å². The summed E-state index contributed by atoms with van der Waals surface area (Å²) < 4.78 is 21.3. The van der Waals surface area contributed by atoms with E-state index < -0.39 is 41.2 Å². The van der Waals surface area contributed by atoms with E-state index in [1.54, 1.807) is 0 Å². The molecule has 0 saturated carbocycles. The third-order valence-electron chi connectivity index (χ3n) is 0.937. The van der Waals surface area contributed by atoms with E-state index in [-0.39, 0.29) is 0 Å². The van der Waals surface area contributed by atoms with Crippen molar-refractivity contribution in [3.05, 3.63) is 23.7 Å². The van der Waals surface area contributed by atoms with E-state index in [0.717, 1.165) is 0 Å². The summed E-state index contributed by atoms with van der Waals surface area (Å²) in [5, 5.41) is 26.7. The van der Waals surface area contributed by atoms with E-state index in [1.807, 2.05) is 0 Å². The summed E-state index contributed by atoms with van der Waals surface area (Å²) in [6, 6.07) is -2.50. The zero-order chi connectivity index (χ0) is 11.0. The number of carbonyl (C=O) groups is 1. The van der Waals surface area contributed by atoms with Gasteiger partial charge in [-0.3, -0.25) is 0 Å². The van der Waals surface area contributed by atoms with Gasteiger partial charge in [0.15, 0.2) is 0 Å². The van der Waals surface area contributed by atoms with E-state index in [1.165, 1.54) is 0 Å². The number of aromatic hydroxyl groups is 2. The molecule has 4 heteroatoms. The molecule has 0 radical (unpaired) electrons. The van der Waals surface area contributed by atoms with Crippen LogP contribution in [-0.2, 0) is 0 Å². The Morgan fingerprint density at radius 3 is 2.09 bits per heavy atom. The summed E-state index contributed by atoms with van der Waals surface area (Å²) in [5.41, 5.74) is -0.823. The van der Waals surface area contributed by atoms with Crippen LogP contribution in [-0.4, -0.2) is 21.3 Å². The number of phenols is 2. The number of carboxylic acids is 1. The second-order valence-corrected chi connectivity index (χ2v) is 1.75. The highest BCUT2D eigenvalue weighted by molar-refractivity contribution is 5.88. The fourth-order valence-corrected chi connectivity index (χ4v) is 0.550. The molecule has 11 heavy (non-hydrogen) atoms. The molecule has 58 valence electrons. The van der Waals surface area contributed by atoms with Gasteiger partial charge >= 0.3 is 5.97 Å². The van der Waals surface area contributed by atoms with Crippen LogP contribution in [0.4, 0.5) is 0 Å². The summed E-state index contributed by atoms with van der Waals surface area (Å²) >= 11 is 0. The molecule has 0 spiro atoms. The number of phenolic OH excluding ortho intramolecular Hbond substituents is 2. The molecule has 0 unspecified atom stereocenters. The Morgan fingerprint density at radius 2 is 1.73 bits per heavy atom. The Morgan fingerprint density at radius 1 is 1.27 bits per heavy atom. The van der Waals surface area contributed by atoms with Gasteiger partial charge in [-0.25, -0.2) is 4.79 Å². The minimum absolute atomic E-state index is 0.815.